The van der Waals surface area contributed by atoms with Gasteiger partial charge in [-0.3, -0.25) is 0 Å². The van der Waals surface area contributed by atoms with Gasteiger partial charge in [-0.15, -0.1) is 0 Å². The number of hydrogen-bond donors (Lipinski definition) is 0. The first-order chi connectivity index (χ1) is 9.07. The topological polar surface area (TPSA) is 201 Å². The SMILES string of the molecule is O=C([O-])C1CC(C(=O)[O-])(C(=O)[O-])C(C(=O)[O-])C1C(=O)[O-].[Na+].[Na+].[Na+].[Na+].[Na+]. The fourth-order valence-corrected chi connectivity index (χ4v) is 2.52. The minimum Gasteiger partial charge on any atom is -0.550 e. The molecule has 0 aromatic carbocycles. The first-order valence-corrected chi connectivity index (χ1v) is 5.12. The van der Waals surface area contributed by atoms with Crippen LogP contribution in [0.15, 0.2) is 0 Å². The molecule has 0 heterocycles. The normalized spacial score (nSPS) is 22.2. The summed E-state index contributed by atoms with van der Waals surface area (Å²) in [7, 11) is 0. The van der Waals surface area contributed by atoms with Crippen LogP contribution >= 0.6 is 0 Å². The van der Waals surface area contributed by atoms with Crippen LogP contribution in [-0.4, -0.2) is 29.8 Å². The second-order valence-electron chi connectivity index (χ2n) is 4.32. The van der Waals surface area contributed by atoms with Crippen molar-refractivity contribution < 1.29 is 197 Å². The van der Waals surface area contributed by atoms with E-state index < -0.39 is 59.4 Å². The molecule has 1 rings (SSSR count). The number of hydrogen-bond acceptors (Lipinski definition) is 10. The van der Waals surface area contributed by atoms with Crippen LogP contribution in [-0.2, 0) is 24.0 Å². The summed E-state index contributed by atoms with van der Waals surface area (Å²) < 4.78 is 0. The quantitative estimate of drug-likeness (QED) is 0.315. The van der Waals surface area contributed by atoms with E-state index in [0.29, 0.717) is 0 Å². The third kappa shape index (κ3) is 7.60. The predicted octanol–water partition coefficient (Wildman–Crippen LogP) is -23.0. The van der Waals surface area contributed by atoms with Gasteiger partial charge in [0.15, 0.2) is 0 Å². The standard InChI is InChI=1S/C10H10O10.5Na/c11-5(12)2-1-10(8(17)18,9(19)20)4(7(15)16)3(2)6(13)14;;;;;/h2-4H,1H2,(H,11,12)(H,13,14)(H,15,16)(H,17,18)(H,19,20);;;;;/q;5*+1/p-5. The fraction of sp³-hybridized carbons (Fsp3) is 0.500. The first kappa shape index (κ1) is 38.0. The zero-order chi connectivity index (χ0) is 15.8. The summed E-state index contributed by atoms with van der Waals surface area (Å²) in [4.78, 5) is 54.5. The number of carbonyl (C=O) groups excluding carboxylic acids is 5. The van der Waals surface area contributed by atoms with Gasteiger partial charge in [0, 0.05) is 35.7 Å². The summed E-state index contributed by atoms with van der Waals surface area (Å²) in [6, 6.07) is 0. The van der Waals surface area contributed by atoms with E-state index in [9.17, 15) is 49.5 Å². The number of aliphatic carboxylic acids is 5. The average molecular weight is 400 g/mol. The molecule has 1 saturated carbocycles. The molecule has 0 aromatic rings. The summed E-state index contributed by atoms with van der Waals surface area (Å²) in [6.07, 6.45) is -1.38. The molecule has 0 N–H and O–H groups in total. The Morgan fingerprint density at radius 2 is 1.00 bits per heavy atom. The maximum absolute atomic E-state index is 11.0. The smallest absolute Gasteiger partial charge is 0.550 e. The van der Waals surface area contributed by atoms with Gasteiger partial charge >= 0.3 is 148 Å². The second-order valence-corrected chi connectivity index (χ2v) is 4.32. The largest absolute Gasteiger partial charge is 1.00 e. The Morgan fingerprint density at radius 3 is 1.20 bits per heavy atom. The van der Waals surface area contributed by atoms with Crippen LogP contribution in [0, 0.1) is 23.2 Å². The van der Waals surface area contributed by atoms with Crippen molar-refractivity contribution >= 4 is 29.8 Å². The molecule has 0 aromatic heterocycles. The molecule has 3 atom stereocenters. The molecule has 15 heteroatoms. The van der Waals surface area contributed by atoms with Crippen molar-refractivity contribution in [3.8, 4) is 0 Å². The van der Waals surface area contributed by atoms with Crippen molar-refractivity contribution in [1.82, 2.24) is 0 Å². The molecule has 3 unspecified atom stereocenters. The summed E-state index contributed by atoms with van der Waals surface area (Å²) >= 11 is 0. The minimum atomic E-state index is -3.35. The Kier molecular flexibility index (Phi) is 23.2. The van der Waals surface area contributed by atoms with Gasteiger partial charge in [-0.2, -0.15) is 0 Å². The van der Waals surface area contributed by atoms with E-state index in [2.05, 4.69) is 0 Å². The van der Waals surface area contributed by atoms with E-state index in [1.54, 1.807) is 0 Å². The van der Waals surface area contributed by atoms with Gasteiger partial charge < -0.3 is 49.5 Å². The van der Waals surface area contributed by atoms with E-state index in [1.165, 1.54) is 0 Å². The average Bonchev–Trinajstić information content (AvgIpc) is 2.65. The number of carboxylic acid groups (broad SMARTS) is 5. The monoisotopic (exact) mass is 400 g/mol. The molecular formula is C10H5Na5O10. The molecule has 1 fully saturated rings. The van der Waals surface area contributed by atoms with E-state index >= 15 is 0 Å². The van der Waals surface area contributed by atoms with Crippen LogP contribution in [0.25, 0.3) is 0 Å². The fourth-order valence-electron chi connectivity index (χ4n) is 2.52. The molecule has 1 aliphatic carbocycles. The molecule has 0 spiro atoms. The number of carboxylic acids is 5. The Labute approximate surface area is 252 Å². The van der Waals surface area contributed by atoms with Crippen LogP contribution in [0.4, 0.5) is 0 Å². The van der Waals surface area contributed by atoms with Crippen molar-refractivity contribution in [1.29, 1.82) is 0 Å². The summed E-state index contributed by atoms with van der Waals surface area (Å²) in [5, 5.41) is 54.5. The van der Waals surface area contributed by atoms with Gasteiger partial charge in [0.05, 0.1) is 17.4 Å². The molecule has 1 aliphatic rings. The van der Waals surface area contributed by atoms with Crippen LogP contribution in [0.1, 0.15) is 6.42 Å². The Hall–Kier alpha value is 2.35. The first-order valence-electron chi connectivity index (χ1n) is 5.12. The molecule has 10 nitrogen and oxygen atoms in total. The molecule has 0 radical (unpaired) electrons. The van der Waals surface area contributed by atoms with E-state index in [-0.39, 0.29) is 148 Å². The molecular weight excluding hydrogens is 395 g/mol. The third-order valence-electron chi connectivity index (χ3n) is 3.42. The van der Waals surface area contributed by atoms with E-state index in [1.807, 2.05) is 0 Å². The maximum Gasteiger partial charge on any atom is 1.00 e. The number of carbonyl (C=O) groups is 5. The Morgan fingerprint density at radius 1 is 0.640 bits per heavy atom. The van der Waals surface area contributed by atoms with Gasteiger partial charge in [0.1, 0.15) is 0 Å². The summed E-state index contributed by atoms with van der Waals surface area (Å²) in [5.41, 5.74) is -3.35. The Balaban J connectivity index is -0.000000267. The second kappa shape index (κ2) is 15.2. The van der Waals surface area contributed by atoms with Crippen LogP contribution in [0.2, 0.25) is 0 Å². The molecule has 0 amide bonds. The minimum absolute atomic E-state index is 0. The molecule has 0 saturated heterocycles. The molecule has 0 bridgehead atoms. The van der Waals surface area contributed by atoms with Gasteiger partial charge in [-0.05, 0) is 6.42 Å². The van der Waals surface area contributed by atoms with Gasteiger partial charge in [-0.25, -0.2) is 0 Å². The molecule has 0 aliphatic heterocycles. The molecule has 110 valence electrons. The predicted molar refractivity (Wildman–Crippen MR) is 42.6 cm³/mol. The Bertz CT molecular complexity index is 510. The maximum atomic E-state index is 11.0. The van der Waals surface area contributed by atoms with Crippen LogP contribution < -0.4 is 173 Å². The van der Waals surface area contributed by atoms with Crippen molar-refractivity contribution in [3.63, 3.8) is 0 Å². The summed E-state index contributed by atoms with van der Waals surface area (Å²) in [5.74, 6) is -19.1. The summed E-state index contributed by atoms with van der Waals surface area (Å²) in [6.45, 7) is 0. The van der Waals surface area contributed by atoms with Crippen molar-refractivity contribution in [2.75, 3.05) is 0 Å². The number of rotatable bonds is 5. The van der Waals surface area contributed by atoms with E-state index in [4.69, 9.17) is 0 Å². The van der Waals surface area contributed by atoms with Crippen LogP contribution in [0.3, 0.4) is 0 Å². The van der Waals surface area contributed by atoms with Crippen LogP contribution in [0.5, 0.6) is 0 Å². The van der Waals surface area contributed by atoms with Crippen molar-refractivity contribution in [2.24, 2.45) is 23.2 Å². The zero-order valence-corrected chi connectivity index (χ0v) is 24.5. The van der Waals surface area contributed by atoms with Gasteiger partial charge in [0.25, 0.3) is 0 Å². The van der Waals surface area contributed by atoms with E-state index in [0.717, 1.165) is 0 Å². The van der Waals surface area contributed by atoms with Crippen molar-refractivity contribution in [3.05, 3.63) is 0 Å². The van der Waals surface area contributed by atoms with Gasteiger partial charge in [-0.1, -0.05) is 0 Å². The van der Waals surface area contributed by atoms with Crippen molar-refractivity contribution in [2.45, 2.75) is 6.42 Å². The third-order valence-corrected chi connectivity index (χ3v) is 3.42. The molecule has 25 heavy (non-hydrogen) atoms. The zero-order valence-electron chi connectivity index (χ0n) is 14.5. The van der Waals surface area contributed by atoms with Gasteiger partial charge in [0.2, 0.25) is 0 Å².